The molecule has 0 aromatic rings. The molecule has 19 heteroatoms. The van der Waals surface area contributed by atoms with Gasteiger partial charge in [-0.2, -0.15) is 0 Å². The molecule has 0 saturated carbocycles. The van der Waals surface area contributed by atoms with Gasteiger partial charge in [-0.05, 0) is 49.4 Å². The molecule has 3 unspecified atom stereocenters. The normalized spacial score (nSPS) is 14.3. The van der Waals surface area contributed by atoms with Crippen LogP contribution in [-0.2, 0) is 65.4 Å². The summed E-state index contributed by atoms with van der Waals surface area (Å²) < 4.78 is 68.7. The van der Waals surface area contributed by atoms with Crippen LogP contribution in [0.4, 0.5) is 0 Å². The Balaban J connectivity index is 5.20. The maximum absolute atomic E-state index is 13.1. The van der Waals surface area contributed by atoms with Gasteiger partial charge in [-0.15, -0.1) is 0 Å². The lowest BCUT2D eigenvalue weighted by Crippen LogP contribution is -2.30. The number of carbonyl (C=O) groups is 4. The number of unbranched alkanes of at least 4 members (excludes halogenated alkanes) is 42. The van der Waals surface area contributed by atoms with Gasteiger partial charge in [-0.3, -0.25) is 37.3 Å². The van der Waals surface area contributed by atoms with Crippen LogP contribution in [0.25, 0.3) is 0 Å². The first-order valence-corrected chi connectivity index (χ1v) is 44.2. The monoisotopic (exact) mass is 1450 g/mol. The molecular formula is C80H156O17P2. The molecule has 0 aromatic heterocycles. The van der Waals surface area contributed by atoms with Crippen molar-refractivity contribution in [2.24, 2.45) is 23.7 Å². The zero-order chi connectivity index (χ0) is 73.1. The summed E-state index contributed by atoms with van der Waals surface area (Å²) in [4.78, 5) is 72.9. The molecular weight excluding hydrogens is 1290 g/mol. The van der Waals surface area contributed by atoms with Crippen molar-refractivity contribution in [2.45, 2.75) is 427 Å². The minimum absolute atomic E-state index is 0.106. The lowest BCUT2D eigenvalue weighted by Gasteiger charge is -2.21. The molecule has 0 aliphatic carbocycles. The van der Waals surface area contributed by atoms with Gasteiger partial charge in [0.05, 0.1) is 26.4 Å². The fourth-order valence-corrected chi connectivity index (χ4v) is 13.8. The molecule has 0 radical (unpaired) electrons. The Morgan fingerprint density at radius 3 is 0.717 bits per heavy atom. The lowest BCUT2D eigenvalue weighted by atomic mass is 10.00. The van der Waals surface area contributed by atoms with Crippen molar-refractivity contribution in [3.8, 4) is 0 Å². The second-order valence-corrected chi connectivity index (χ2v) is 33.4. The van der Waals surface area contributed by atoms with Crippen LogP contribution in [0.5, 0.6) is 0 Å². The number of phosphoric acid groups is 2. The van der Waals surface area contributed by atoms with E-state index in [4.69, 9.17) is 37.0 Å². The molecule has 0 amide bonds. The molecule has 0 fully saturated rings. The standard InChI is InChI=1S/C80H156O17P2/c1-9-73(8)59-51-43-38-39-45-53-61-78(83)91-67-76(97-80(85)62-54-46-36-29-23-19-15-13-11-10-12-14-17-21-26-32-40-48-56-70(2)3)69-95-99(88,89)93-65-74(81)64-92-98(86,87)94-68-75(66-90-77(82)60-52-44-35-31-25-28-34-42-50-58-72(6)7)96-79(84)63-55-47-37-30-24-20-16-18-22-27-33-41-49-57-71(4)5/h70-76,81H,9-69H2,1-8H3,(H,86,87)(H,88,89)/t73?,74-,75-,76-/m1/s1. The Morgan fingerprint density at radius 2 is 0.485 bits per heavy atom. The van der Waals surface area contributed by atoms with Gasteiger partial charge in [-0.1, -0.05) is 357 Å². The zero-order valence-electron chi connectivity index (χ0n) is 65.1. The summed E-state index contributed by atoms with van der Waals surface area (Å²) in [7, 11) is -9.92. The van der Waals surface area contributed by atoms with Crippen LogP contribution in [0, 0.1) is 23.7 Å². The molecule has 6 atom stereocenters. The van der Waals surface area contributed by atoms with Gasteiger partial charge in [-0.25, -0.2) is 9.13 Å². The van der Waals surface area contributed by atoms with E-state index in [9.17, 15) is 43.2 Å². The van der Waals surface area contributed by atoms with Crippen molar-refractivity contribution in [2.75, 3.05) is 39.6 Å². The fraction of sp³-hybridized carbons (Fsp3) is 0.950. The van der Waals surface area contributed by atoms with Crippen molar-refractivity contribution in [3.05, 3.63) is 0 Å². The number of aliphatic hydroxyl groups is 1. The number of aliphatic hydroxyl groups excluding tert-OH is 1. The van der Waals surface area contributed by atoms with Gasteiger partial charge in [0.25, 0.3) is 0 Å². The number of hydrogen-bond donors (Lipinski definition) is 3. The van der Waals surface area contributed by atoms with Gasteiger partial charge in [0.15, 0.2) is 12.2 Å². The fourth-order valence-electron chi connectivity index (χ4n) is 12.2. The summed E-state index contributed by atoms with van der Waals surface area (Å²) in [6, 6.07) is 0. The highest BCUT2D eigenvalue weighted by atomic mass is 31.2. The Bertz CT molecular complexity index is 1940. The van der Waals surface area contributed by atoms with Crippen LogP contribution < -0.4 is 0 Å². The Kier molecular flexibility index (Phi) is 67.8. The number of esters is 4. The first-order chi connectivity index (χ1) is 47.6. The van der Waals surface area contributed by atoms with Crippen LogP contribution in [0.15, 0.2) is 0 Å². The highest BCUT2D eigenvalue weighted by molar-refractivity contribution is 7.47. The van der Waals surface area contributed by atoms with Gasteiger partial charge in [0.2, 0.25) is 0 Å². The zero-order valence-corrected chi connectivity index (χ0v) is 66.9. The van der Waals surface area contributed by atoms with E-state index in [0.29, 0.717) is 25.7 Å². The smallest absolute Gasteiger partial charge is 0.462 e. The number of carbonyl (C=O) groups excluding carboxylic acids is 4. The highest BCUT2D eigenvalue weighted by Crippen LogP contribution is 2.45. The maximum atomic E-state index is 13.1. The summed E-state index contributed by atoms with van der Waals surface area (Å²) in [6.07, 6.45) is 55.6. The molecule has 3 N–H and O–H groups in total. The topological polar surface area (TPSA) is 237 Å². The average molecular weight is 1450 g/mol. The van der Waals surface area contributed by atoms with Crippen molar-refractivity contribution in [3.63, 3.8) is 0 Å². The summed E-state index contributed by atoms with van der Waals surface area (Å²) in [5.74, 6) is 0.964. The first kappa shape index (κ1) is 97.1. The van der Waals surface area contributed by atoms with Gasteiger partial charge in [0, 0.05) is 25.7 Å². The second kappa shape index (κ2) is 69.1. The largest absolute Gasteiger partial charge is 0.472 e. The SMILES string of the molecule is CCC(C)CCCCCCCCC(=O)OC[C@H](COP(=O)(O)OC[C@H](O)COP(=O)(O)OC[C@@H](COC(=O)CCCCCCCCCCCC(C)C)OC(=O)CCCCCCCCCCCCCCCC(C)C)OC(=O)CCCCCCCCCCCCCCCCCCCCC(C)C. The lowest BCUT2D eigenvalue weighted by molar-refractivity contribution is -0.161. The molecule has 0 aliphatic heterocycles. The van der Waals surface area contributed by atoms with E-state index >= 15 is 0 Å². The molecule has 0 rings (SSSR count). The second-order valence-electron chi connectivity index (χ2n) is 30.5. The van der Waals surface area contributed by atoms with E-state index < -0.39 is 97.5 Å². The van der Waals surface area contributed by atoms with E-state index in [2.05, 4.69) is 55.4 Å². The number of phosphoric ester groups is 2. The average Bonchev–Trinajstić information content (AvgIpc) is 0.960. The third-order valence-corrected chi connectivity index (χ3v) is 20.8. The molecule has 17 nitrogen and oxygen atoms in total. The molecule has 0 bridgehead atoms. The van der Waals surface area contributed by atoms with Crippen LogP contribution in [0.2, 0.25) is 0 Å². The number of ether oxygens (including phenoxy) is 4. The Hall–Kier alpha value is -1.94. The third-order valence-electron chi connectivity index (χ3n) is 18.9. The minimum Gasteiger partial charge on any atom is -0.462 e. The molecule has 588 valence electrons. The third kappa shape index (κ3) is 72.8. The molecule has 0 aliphatic rings. The van der Waals surface area contributed by atoms with Crippen LogP contribution in [0.1, 0.15) is 409 Å². The molecule has 0 aromatic carbocycles. The summed E-state index contributed by atoms with van der Waals surface area (Å²) in [5, 5.41) is 10.6. The quantitative estimate of drug-likeness (QED) is 0.0222. The van der Waals surface area contributed by atoms with E-state index in [1.807, 2.05) is 0 Å². The van der Waals surface area contributed by atoms with Gasteiger partial charge >= 0.3 is 39.5 Å². The first-order valence-electron chi connectivity index (χ1n) is 41.2. The van der Waals surface area contributed by atoms with Crippen molar-refractivity contribution in [1.29, 1.82) is 0 Å². The van der Waals surface area contributed by atoms with Crippen LogP contribution in [-0.4, -0.2) is 96.7 Å². The molecule has 0 saturated heterocycles. The Labute approximate surface area is 607 Å². The number of rotatable bonds is 77. The van der Waals surface area contributed by atoms with E-state index in [1.165, 1.54) is 205 Å². The van der Waals surface area contributed by atoms with Crippen LogP contribution >= 0.6 is 15.6 Å². The van der Waals surface area contributed by atoms with Crippen LogP contribution in [0.3, 0.4) is 0 Å². The molecule has 99 heavy (non-hydrogen) atoms. The van der Waals surface area contributed by atoms with Gasteiger partial charge < -0.3 is 33.8 Å². The Morgan fingerprint density at radius 1 is 0.283 bits per heavy atom. The minimum atomic E-state index is -4.96. The molecule has 0 heterocycles. The summed E-state index contributed by atoms with van der Waals surface area (Å²) >= 11 is 0. The predicted octanol–water partition coefficient (Wildman–Crippen LogP) is 23.6. The van der Waals surface area contributed by atoms with Crippen molar-refractivity contribution < 1.29 is 80.2 Å². The highest BCUT2D eigenvalue weighted by Gasteiger charge is 2.30. The summed E-state index contributed by atoms with van der Waals surface area (Å²) in [5.41, 5.74) is 0. The maximum Gasteiger partial charge on any atom is 0.472 e. The van der Waals surface area contributed by atoms with Crippen molar-refractivity contribution in [1.82, 2.24) is 0 Å². The predicted molar refractivity (Wildman–Crippen MR) is 404 cm³/mol. The molecule has 0 spiro atoms. The summed E-state index contributed by atoms with van der Waals surface area (Å²) in [6.45, 7) is 14.2. The van der Waals surface area contributed by atoms with E-state index in [0.717, 1.165) is 120 Å². The van der Waals surface area contributed by atoms with Crippen molar-refractivity contribution >= 4 is 39.5 Å². The van der Waals surface area contributed by atoms with E-state index in [-0.39, 0.29) is 25.7 Å². The van der Waals surface area contributed by atoms with Gasteiger partial charge in [0.1, 0.15) is 19.3 Å². The number of hydrogen-bond acceptors (Lipinski definition) is 15. The van der Waals surface area contributed by atoms with E-state index in [1.54, 1.807) is 0 Å².